The summed E-state index contributed by atoms with van der Waals surface area (Å²) < 4.78 is 0. The quantitative estimate of drug-likeness (QED) is 0.428. The Morgan fingerprint density at radius 2 is 1.36 bits per heavy atom. The fourth-order valence-corrected chi connectivity index (χ4v) is 0. The fraction of sp³-hybridized carbons (Fsp3) is 0.500. The van der Waals surface area contributed by atoms with E-state index in [1.165, 1.54) is 0 Å². The van der Waals surface area contributed by atoms with Crippen LogP contribution in [0.2, 0.25) is 0 Å². The second kappa shape index (κ2) is 23.2. The Morgan fingerprint density at radius 3 is 1.36 bits per heavy atom. The number of hydrogen-bond donors (Lipinski definition) is 1. The number of carboxylic acid groups (broad SMARTS) is 1. The Bertz CT molecular complexity index is 73.6. The van der Waals surface area contributed by atoms with Gasteiger partial charge in [0.05, 0.1) is 0 Å². The molecule has 0 heterocycles. The van der Waals surface area contributed by atoms with Gasteiger partial charge in [0.15, 0.2) is 0 Å². The molecule has 2 nitrogen and oxygen atoms in total. The normalized spacial score (nSPS) is 6.36. The zero-order chi connectivity index (χ0) is 7.15. The van der Waals surface area contributed by atoms with E-state index in [9.17, 15) is 0 Å². The minimum atomic E-state index is -1.75. The van der Waals surface area contributed by atoms with Gasteiger partial charge in [0.1, 0.15) is 0 Å². The van der Waals surface area contributed by atoms with Crippen LogP contribution in [-0.2, 0) is 34.6 Å². The van der Waals surface area contributed by atoms with Crippen molar-refractivity contribution < 1.29 is 39.7 Å². The van der Waals surface area contributed by atoms with Crippen LogP contribution in [0.1, 0.15) is 6.92 Å². The van der Waals surface area contributed by atoms with Crippen molar-refractivity contribution in [2.45, 2.75) is 6.92 Å². The first-order valence-corrected chi connectivity index (χ1v) is 8.04. The molecular formula is C2H6Cl3CoINaO2Ru. The number of hydrogen-bond acceptors (Lipinski definition) is 1. The minimum absolute atomic E-state index is 0. The molecule has 1 radical (unpaired) electrons. The van der Waals surface area contributed by atoms with Crippen molar-refractivity contribution in [2.24, 2.45) is 0 Å². The van der Waals surface area contributed by atoms with E-state index in [0.717, 1.165) is 6.92 Å². The Balaban J connectivity index is -0.0000000171. The number of aliphatic carboxylic acids is 1. The summed E-state index contributed by atoms with van der Waals surface area (Å²) in [5.74, 6) is -0.833. The van der Waals surface area contributed by atoms with E-state index in [1.54, 1.807) is 0 Å². The SMILES string of the molecule is CC(=O)O.I.[Cl][Ru]([Cl])[Cl].[Co].[NaH]. The van der Waals surface area contributed by atoms with Crippen LogP contribution in [0.5, 0.6) is 0 Å². The molecule has 0 aromatic rings. The first-order valence-electron chi connectivity index (χ1n) is 1.33. The molecule has 0 atom stereocenters. The first kappa shape index (κ1) is 29.2. The Labute approximate surface area is 133 Å². The molecule has 0 unspecified atom stereocenters. The topological polar surface area (TPSA) is 37.3 Å². The molecule has 0 aliphatic heterocycles. The summed E-state index contributed by atoms with van der Waals surface area (Å²) in [6.07, 6.45) is 0. The van der Waals surface area contributed by atoms with E-state index in [4.69, 9.17) is 39.0 Å². The summed E-state index contributed by atoms with van der Waals surface area (Å²) >= 11 is -1.75. The average Bonchev–Trinajstić information content (AvgIpc) is 1.25. The number of rotatable bonds is 0. The molecule has 0 bridgehead atoms. The fourth-order valence-electron chi connectivity index (χ4n) is 0. The van der Waals surface area contributed by atoms with Crippen LogP contribution < -0.4 is 0 Å². The van der Waals surface area contributed by atoms with Gasteiger partial charge in [0.2, 0.25) is 0 Å². The molecular weight excluding hydrogens is 472 g/mol. The summed E-state index contributed by atoms with van der Waals surface area (Å²) in [5, 5.41) is 7.42. The summed E-state index contributed by atoms with van der Waals surface area (Å²) in [6.45, 7) is 1.08. The van der Waals surface area contributed by atoms with Crippen molar-refractivity contribution >= 4 is 88.6 Å². The molecule has 0 aliphatic rings. The third-order valence-electron chi connectivity index (χ3n) is 0. The van der Waals surface area contributed by atoms with Crippen molar-refractivity contribution in [1.29, 1.82) is 0 Å². The summed E-state index contributed by atoms with van der Waals surface area (Å²) in [4.78, 5) is 9.00. The van der Waals surface area contributed by atoms with Crippen LogP contribution in [0, 0.1) is 0 Å². The molecule has 0 saturated heterocycles. The maximum atomic E-state index is 9.00. The van der Waals surface area contributed by atoms with Crippen LogP contribution >= 0.6 is 53.0 Å². The number of halogens is 4. The third-order valence-corrected chi connectivity index (χ3v) is 0. The van der Waals surface area contributed by atoms with E-state index < -0.39 is 18.9 Å². The van der Waals surface area contributed by atoms with Gasteiger partial charge in [-0.05, 0) is 0 Å². The predicted octanol–water partition coefficient (Wildman–Crippen LogP) is 2.12. The molecule has 1 N–H and O–H groups in total. The Hall–Kier alpha value is 3.20. The Morgan fingerprint density at radius 1 is 1.36 bits per heavy atom. The number of carboxylic acids is 1. The molecule has 9 heteroatoms. The molecule has 0 aliphatic carbocycles. The van der Waals surface area contributed by atoms with E-state index in [2.05, 4.69) is 0 Å². The van der Waals surface area contributed by atoms with Crippen molar-refractivity contribution in [3.63, 3.8) is 0 Å². The molecule has 0 aromatic heterocycles. The molecule has 0 aromatic carbocycles. The van der Waals surface area contributed by atoms with Crippen LogP contribution in [0.25, 0.3) is 0 Å². The van der Waals surface area contributed by atoms with Crippen LogP contribution in [0.15, 0.2) is 0 Å². The molecule has 11 heavy (non-hydrogen) atoms. The van der Waals surface area contributed by atoms with E-state index in [1.807, 2.05) is 0 Å². The molecule has 0 saturated carbocycles. The molecule has 0 amide bonds. The van der Waals surface area contributed by atoms with Crippen LogP contribution in [0.3, 0.4) is 0 Å². The summed E-state index contributed by atoms with van der Waals surface area (Å²) in [5.41, 5.74) is 0. The monoisotopic (exact) mass is 478 g/mol. The van der Waals surface area contributed by atoms with Crippen LogP contribution in [-0.4, -0.2) is 40.6 Å². The van der Waals surface area contributed by atoms with Gasteiger partial charge < -0.3 is 5.11 Å². The van der Waals surface area contributed by atoms with Gasteiger partial charge in [-0.3, -0.25) is 4.79 Å². The molecule has 72 valence electrons. The van der Waals surface area contributed by atoms with Gasteiger partial charge in [-0.1, -0.05) is 0 Å². The van der Waals surface area contributed by atoms with Gasteiger partial charge in [0, 0.05) is 23.7 Å². The predicted molar refractivity (Wildman–Crippen MR) is 53.4 cm³/mol. The molecule has 0 rings (SSSR count). The third kappa shape index (κ3) is 162. The number of carbonyl (C=O) groups is 1. The second-order valence-electron chi connectivity index (χ2n) is 0.671. The van der Waals surface area contributed by atoms with Gasteiger partial charge in [-0.15, -0.1) is 24.0 Å². The molecule has 0 spiro atoms. The molecule has 0 fully saturated rings. The van der Waals surface area contributed by atoms with Gasteiger partial charge in [0.25, 0.3) is 5.97 Å². The van der Waals surface area contributed by atoms with Crippen molar-refractivity contribution in [3.05, 3.63) is 0 Å². The van der Waals surface area contributed by atoms with Gasteiger partial charge >= 0.3 is 71.6 Å². The van der Waals surface area contributed by atoms with Gasteiger partial charge in [-0.2, -0.15) is 0 Å². The van der Waals surface area contributed by atoms with Crippen molar-refractivity contribution in [1.82, 2.24) is 0 Å². The zero-order valence-corrected chi connectivity index (χ0v) is 12.0. The second-order valence-corrected chi connectivity index (χ2v) is 8.59. The standard InChI is InChI=1S/C2H4O2.3ClH.Co.HI.Na.Ru.H/c1-2(3)4;;;;;;;;/h1H3,(H,3,4);3*1H;;1H;;;/q;;;;;;;+3;/p-3. The zero-order valence-electron chi connectivity index (χ0n) is 4.58. The summed E-state index contributed by atoms with van der Waals surface area (Å²) in [7, 11) is 14.8. The van der Waals surface area contributed by atoms with Crippen molar-refractivity contribution in [2.75, 3.05) is 0 Å². The van der Waals surface area contributed by atoms with Gasteiger partial charge in [-0.25, -0.2) is 0 Å². The van der Waals surface area contributed by atoms with E-state index in [-0.39, 0.29) is 70.3 Å². The summed E-state index contributed by atoms with van der Waals surface area (Å²) in [6, 6.07) is 0. The van der Waals surface area contributed by atoms with Crippen LogP contribution in [0.4, 0.5) is 0 Å². The Kier molecular flexibility index (Phi) is 61.7. The van der Waals surface area contributed by atoms with Crippen molar-refractivity contribution in [3.8, 4) is 0 Å². The van der Waals surface area contributed by atoms with E-state index in [0.29, 0.717) is 0 Å². The first-order chi connectivity index (χ1) is 3.46. The average molecular weight is 478 g/mol. The van der Waals surface area contributed by atoms with E-state index >= 15 is 0 Å². The maximum absolute atomic E-state index is 9.00.